The first-order valence-corrected chi connectivity index (χ1v) is 5.93. The standard InChI is InChI=1S/C11H15IN2O2/c1-11(2,10(15)14-13)7-16-9-5-3-4-8(12)6-9/h3-6H,7,13H2,1-2H3,(H,14,15). The van der Waals surface area contributed by atoms with Crippen molar-refractivity contribution in [3.8, 4) is 5.75 Å². The molecular weight excluding hydrogens is 319 g/mol. The number of rotatable bonds is 4. The molecule has 4 nitrogen and oxygen atoms in total. The Morgan fingerprint density at radius 3 is 2.81 bits per heavy atom. The van der Waals surface area contributed by atoms with Gasteiger partial charge in [0.25, 0.3) is 0 Å². The summed E-state index contributed by atoms with van der Waals surface area (Å²) in [7, 11) is 0. The van der Waals surface area contributed by atoms with E-state index in [0.717, 1.165) is 9.32 Å². The highest BCUT2D eigenvalue weighted by Crippen LogP contribution is 2.20. The molecule has 3 N–H and O–H groups in total. The summed E-state index contributed by atoms with van der Waals surface area (Å²) >= 11 is 2.21. The molecule has 1 aromatic rings. The molecule has 0 saturated carbocycles. The van der Waals surface area contributed by atoms with Crippen molar-refractivity contribution in [3.05, 3.63) is 27.8 Å². The Hall–Kier alpha value is -0.820. The SMILES string of the molecule is CC(C)(COc1cccc(I)c1)C(=O)NN. The zero-order valence-corrected chi connectivity index (χ0v) is 11.4. The van der Waals surface area contributed by atoms with E-state index >= 15 is 0 Å². The molecule has 16 heavy (non-hydrogen) atoms. The van der Waals surface area contributed by atoms with Crippen LogP contribution in [0.15, 0.2) is 24.3 Å². The smallest absolute Gasteiger partial charge is 0.242 e. The lowest BCUT2D eigenvalue weighted by Crippen LogP contribution is -2.44. The van der Waals surface area contributed by atoms with Gasteiger partial charge < -0.3 is 4.74 Å². The van der Waals surface area contributed by atoms with Gasteiger partial charge in [-0.15, -0.1) is 0 Å². The molecule has 0 aliphatic rings. The number of halogens is 1. The molecule has 0 aliphatic heterocycles. The summed E-state index contributed by atoms with van der Waals surface area (Å²) in [5, 5.41) is 0. The number of ether oxygens (including phenoxy) is 1. The topological polar surface area (TPSA) is 64.3 Å². The maximum atomic E-state index is 11.4. The quantitative estimate of drug-likeness (QED) is 0.381. The van der Waals surface area contributed by atoms with E-state index in [0.29, 0.717) is 0 Å². The number of amides is 1. The van der Waals surface area contributed by atoms with Crippen molar-refractivity contribution >= 4 is 28.5 Å². The first-order valence-electron chi connectivity index (χ1n) is 4.85. The zero-order valence-electron chi connectivity index (χ0n) is 9.29. The van der Waals surface area contributed by atoms with Crippen molar-refractivity contribution in [2.24, 2.45) is 11.3 Å². The predicted octanol–water partition coefficient (Wildman–Crippen LogP) is 1.69. The Morgan fingerprint density at radius 1 is 1.56 bits per heavy atom. The van der Waals surface area contributed by atoms with Gasteiger partial charge in [-0.25, -0.2) is 5.84 Å². The third-order valence-corrected chi connectivity index (χ3v) is 2.81. The Morgan fingerprint density at radius 2 is 2.25 bits per heavy atom. The second kappa shape index (κ2) is 5.49. The second-order valence-corrected chi connectivity index (χ2v) is 5.35. The molecule has 0 fully saturated rings. The fraction of sp³-hybridized carbons (Fsp3) is 0.364. The van der Waals surface area contributed by atoms with Crippen molar-refractivity contribution in [2.75, 3.05) is 6.61 Å². The molecule has 5 heteroatoms. The van der Waals surface area contributed by atoms with E-state index in [1.54, 1.807) is 13.8 Å². The fourth-order valence-corrected chi connectivity index (χ4v) is 1.60. The van der Waals surface area contributed by atoms with Gasteiger partial charge in [-0.05, 0) is 54.6 Å². The lowest BCUT2D eigenvalue weighted by molar-refractivity contribution is -0.130. The lowest BCUT2D eigenvalue weighted by Gasteiger charge is -2.22. The molecule has 0 aromatic heterocycles. The van der Waals surface area contributed by atoms with Crippen molar-refractivity contribution in [1.29, 1.82) is 0 Å². The van der Waals surface area contributed by atoms with Gasteiger partial charge in [0.05, 0.1) is 5.41 Å². The number of carbonyl (C=O) groups is 1. The molecule has 0 bridgehead atoms. The molecule has 1 rings (SSSR count). The third kappa shape index (κ3) is 3.64. The number of nitrogens with one attached hydrogen (secondary N) is 1. The van der Waals surface area contributed by atoms with Crippen LogP contribution in [0.25, 0.3) is 0 Å². The number of carbonyl (C=O) groups excluding carboxylic acids is 1. The van der Waals surface area contributed by atoms with E-state index in [1.807, 2.05) is 24.3 Å². The summed E-state index contributed by atoms with van der Waals surface area (Å²) in [6, 6.07) is 7.66. The average Bonchev–Trinajstić information content (AvgIpc) is 2.25. The van der Waals surface area contributed by atoms with Crippen molar-refractivity contribution in [2.45, 2.75) is 13.8 Å². The summed E-state index contributed by atoms with van der Waals surface area (Å²) in [6.07, 6.45) is 0. The Balaban J connectivity index is 2.61. The van der Waals surface area contributed by atoms with Crippen molar-refractivity contribution in [3.63, 3.8) is 0 Å². The highest BCUT2D eigenvalue weighted by molar-refractivity contribution is 14.1. The minimum absolute atomic E-state index is 0.238. The lowest BCUT2D eigenvalue weighted by atomic mass is 9.94. The zero-order chi connectivity index (χ0) is 12.2. The average molecular weight is 334 g/mol. The van der Waals surface area contributed by atoms with Gasteiger partial charge in [-0.2, -0.15) is 0 Å². The van der Waals surface area contributed by atoms with Crippen LogP contribution in [0, 0.1) is 8.99 Å². The molecule has 0 heterocycles. The van der Waals surface area contributed by atoms with E-state index < -0.39 is 5.41 Å². The van der Waals surface area contributed by atoms with Gasteiger partial charge in [0.1, 0.15) is 12.4 Å². The van der Waals surface area contributed by atoms with Crippen LogP contribution in [0.4, 0.5) is 0 Å². The van der Waals surface area contributed by atoms with E-state index in [9.17, 15) is 4.79 Å². The molecule has 1 aromatic carbocycles. The van der Waals surface area contributed by atoms with Crippen LogP contribution in [0.1, 0.15) is 13.8 Å². The summed E-state index contributed by atoms with van der Waals surface area (Å²) < 4.78 is 6.65. The molecule has 0 aliphatic carbocycles. The normalized spacial score (nSPS) is 11.0. The Kier molecular flexibility index (Phi) is 4.55. The molecular formula is C11H15IN2O2. The van der Waals surface area contributed by atoms with Gasteiger partial charge in [0.2, 0.25) is 5.91 Å². The van der Waals surface area contributed by atoms with Crippen molar-refractivity contribution in [1.82, 2.24) is 5.43 Å². The van der Waals surface area contributed by atoms with E-state index in [2.05, 4.69) is 28.0 Å². The van der Waals surface area contributed by atoms with Gasteiger partial charge in [-0.1, -0.05) is 6.07 Å². The molecule has 0 atom stereocenters. The Bertz CT molecular complexity index is 380. The highest BCUT2D eigenvalue weighted by atomic mass is 127. The fourth-order valence-electron chi connectivity index (χ4n) is 1.08. The summed E-state index contributed by atoms with van der Waals surface area (Å²) in [4.78, 5) is 11.4. The van der Waals surface area contributed by atoms with Gasteiger partial charge in [0.15, 0.2) is 0 Å². The Labute approximate surface area is 109 Å². The molecule has 0 unspecified atom stereocenters. The van der Waals surface area contributed by atoms with Crippen LogP contribution in [0.2, 0.25) is 0 Å². The maximum Gasteiger partial charge on any atom is 0.242 e. The minimum atomic E-state index is -0.643. The monoisotopic (exact) mass is 334 g/mol. The van der Waals surface area contributed by atoms with Crippen LogP contribution < -0.4 is 16.0 Å². The number of hydrogen-bond acceptors (Lipinski definition) is 3. The van der Waals surface area contributed by atoms with E-state index in [1.165, 1.54) is 0 Å². The molecule has 88 valence electrons. The maximum absolute atomic E-state index is 11.4. The molecule has 0 spiro atoms. The van der Waals surface area contributed by atoms with Crippen LogP contribution >= 0.6 is 22.6 Å². The van der Waals surface area contributed by atoms with Crippen LogP contribution in [0.3, 0.4) is 0 Å². The second-order valence-electron chi connectivity index (χ2n) is 4.10. The van der Waals surface area contributed by atoms with Gasteiger partial charge in [-0.3, -0.25) is 10.2 Å². The number of hydrazine groups is 1. The summed E-state index contributed by atoms with van der Waals surface area (Å²) in [6.45, 7) is 3.85. The molecule has 0 saturated heterocycles. The molecule has 1 amide bonds. The summed E-state index contributed by atoms with van der Waals surface area (Å²) in [5.41, 5.74) is 1.49. The van der Waals surface area contributed by atoms with Crippen LogP contribution in [0.5, 0.6) is 5.75 Å². The third-order valence-electron chi connectivity index (χ3n) is 2.14. The number of benzene rings is 1. The molecule has 0 radical (unpaired) electrons. The predicted molar refractivity (Wildman–Crippen MR) is 70.8 cm³/mol. The number of nitrogens with two attached hydrogens (primary N) is 1. The van der Waals surface area contributed by atoms with Crippen LogP contribution in [-0.4, -0.2) is 12.5 Å². The van der Waals surface area contributed by atoms with Crippen molar-refractivity contribution < 1.29 is 9.53 Å². The first kappa shape index (κ1) is 13.2. The summed E-state index contributed by atoms with van der Waals surface area (Å²) in [5.74, 6) is 5.61. The van der Waals surface area contributed by atoms with Gasteiger partial charge in [0, 0.05) is 3.57 Å². The van der Waals surface area contributed by atoms with Gasteiger partial charge >= 0.3 is 0 Å². The number of hydrogen-bond donors (Lipinski definition) is 2. The minimum Gasteiger partial charge on any atom is -0.492 e. The largest absolute Gasteiger partial charge is 0.492 e. The van der Waals surface area contributed by atoms with Crippen LogP contribution in [-0.2, 0) is 4.79 Å². The highest BCUT2D eigenvalue weighted by Gasteiger charge is 2.27. The van der Waals surface area contributed by atoms with E-state index in [4.69, 9.17) is 10.6 Å². The van der Waals surface area contributed by atoms with E-state index in [-0.39, 0.29) is 12.5 Å². The first-order chi connectivity index (χ1) is 7.45.